The van der Waals surface area contributed by atoms with Crippen molar-refractivity contribution in [1.82, 2.24) is 10.1 Å². The van der Waals surface area contributed by atoms with Gasteiger partial charge in [-0.25, -0.2) is 0 Å². The van der Waals surface area contributed by atoms with Gasteiger partial charge in [-0.1, -0.05) is 16.8 Å². The number of aromatic nitrogens is 2. The third-order valence-corrected chi connectivity index (χ3v) is 5.62. The Morgan fingerprint density at radius 1 is 1.16 bits per heavy atom. The van der Waals surface area contributed by atoms with E-state index in [-0.39, 0.29) is 12.3 Å². The van der Waals surface area contributed by atoms with Crippen LogP contribution < -0.4 is 15.0 Å². The van der Waals surface area contributed by atoms with Gasteiger partial charge in [0.1, 0.15) is 5.75 Å². The number of hydrogen-bond donors (Lipinski definition) is 1. The van der Waals surface area contributed by atoms with Crippen LogP contribution in [-0.4, -0.2) is 35.7 Å². The summed E-state index contributed by atoms with van der Waals surface area (Å²) < 4.78 is 10.8. The Balaban J connectivity index is 1.36. The summed E-state index contributed by atoms with van der Waals surface area (Å²) in [6.07, 6.45) is 4.15. The largest absolute Gasteiger partial charge is 0.494 e. The van der Waals surface area contributed by atoms with Crippen molar-refractivity contribution in [3.8, 4) is 17.1 Å². The summed E-state index contributed by atoms with van der Waals surface area (Å²) in [6.45, 7) is 4.53. The zero-order chi connectivity index (χ0) is 22.3. The van der Waals surface area contributed by atoms with Gasteiger partial charge >= 0.3 is 0 Å². The molecule has 2 aromatic carbocycles. The average Bonchev–Trinajstić information content (AvgIpc) is 3.28. The molecule has 0 atom stereocenters. The Labute approximate surface area is 192 Å². The molecule has 0 unspecified atom stereocenters. The van der Waals surface area contributed by atoms with Gasteiger partial charge < -0.3 is 19.5 Å². The van der Waals surface area contributed by atoms with Crippen LogP contribution >= 0.6 is 11.6 Å². The monoisotopic (exact) mass is 454 g/mol. The Kier molecular flexibility index (Phi) is 7.27. The minimum Gasteiger partial charge on any atom is -0.494 e. The second kappa shape index (κ2) is 10.5. The van der Waals surface area contributed by atoms with Crippen molar-refractivity contribution in [3.05, 3.63) is 53.4 Å². The third kappa shape index (κ3) is 5.59. The van der Waals surface area contributed by atoms with Crippen molar-refractivity contribution in [2.24, 2.45) is 0 Å². The van der Waals surface area contributed by atoms with Crippen LogP contribution in [0.15, 0.2) is 47.0 Å². The molecule has 1 amide bonds. The summed E-state index contributed by atoms with van der Waals surface area (Å²) in [5.74, 6) is 1.59. The van der Waals surface area contributed by atoms with Gasteiger partial charge in [0.15, 0.2) is 0 Å². The molecule has 7 nitrogen and oxygen atoms in total. The Hall–Kier alpha value is -3.06. The topological polar surface area (TPSA) is 80.5 Å². The molecule has 0 bridgehead atoms. The first-order chi connectivity index (χ1) is 15.6. The lowest BCUT2D eigenvalue weighted by Crippen LogP contribution is -2.30. The highest BCUT2D eigenvalue weighted by atomic mass is 35.5. The number of carbonyl (C=O) groups is 1. The Bertz CT molecular complexity index is 1050. The zero-order valence-electron chi connectivity index (χ0n) is 18.1. The molecule has 1 saturated heterocycles. The summed E-state index contributed by atoms with van der Waals surface area (Å²) in [5, 5.41) is 7.63. The van der Waals surface area contributed by atoms with Gasteiger partial charge in [0.25, 0.3) is 0 Å². The average molecular weight is 455 g/mol. The maximum atomic E-state index is 12.6. The summed E-state index contributed by atoms with van der Waals surface area (Å²) in [7, 11) is 0. The number of anilines is 2. The lowest BCUT2D eigenvalue weighted by molar-refractivity contribution is -0.116. The van der Waals surface area contributed by atoms with Crippen LogP contribution in [0.5, 0.6) is 5.75 Å². The number of aryl methyl sites for hydroxylation is 1. The van der Waals surface area contributed by atoms with E-state index >= 15 is 0 Å². The third-order valence-electron chi connectivity index (χ3n) is 5.39. The van der Waals surface area contributed by atoms with Crippen LogP contribution in [0, 0.1) is 0 Å². The fourth-order valence-electron chi connectivity index (χ4n) is 3.79. The molecule has 0 aliphatic carbocycles. The van der Waals surface area contributed by atoms with Crippen molar-refractivity contribution in [1.29, 1.82) is 0 Å². The van der Waals surface area contributed by atoms with Gasteiger partial charge in [-0.15, -0.1) is 0 Å². The van der Waals surface area contributed by atoms with Gasteiger partial charge in [-0.3, -0.25) is 4.79 Å². The van der Waals surface area contributed by atoms with Gasteiger partial charge in [0, 0.05) is 36.5 Å². The van der Waals surface area contributed by atoms with Crippen molar-refractivity contribution in [2.45, 2.75) is 39.0 Å². The molecule has 1 aliphatic rings. The van der Waals surface area contributed by atoms with Gasteiger partial charge in [-0.05, 0) is 68.7 Å². The molecule has 168 valence electrons. The van der Waals surface area contributed by atoms with Crippen LogP contribution in [0.25, 0.3) is 11.4 Å². The number of halogens is 1. The van der Waals surface area contributed by atoms with Gasteiger partial charge in [-0.2, -0.15) is 4.98 Å². The summed E-state index contributed by atoms with van der Waals surface area (Å²) in [4.78, 5) is 19.3. The Morgan fingerprint density at radius 2 is 1.94 bits per heavy atom. The van der Waals surface area contributed by atoms with E-state index < -0.39 is 0 Å². The summed E-state index contributed by atoms with van der Waals surface area (Å²) >= 11 is 6.19. The SMILES string of the molecule is CCOc1ccc(-c2noc(CCC(=O)Nc3cc(Cl)ccc3N3CCCCC3)n2)cc1. The standard InChI is InChI=1S/C24H27ClN4O3/c1-2-31-19-9-6-17(7-10-19)24-27-23(32-28-24)13-12-22(30)26-20-16-18(25)8-11-21(20)29-14-4-3-5-15-29/h6-11,16H,2-5,12-15H2,1H3,(H,26,30). The molecular weight excluding hydrogens is 428 g/mol. The quantitative estimate of drug-likeness (QED) is 0.494. The molecule has 2 heterocycles. The molecule has 0 spiro atoms. The van der Waals surface area contributed by atoms with Crippen molar-refractivity contribution < 1.29 is 14.1 Å². The first-order valence-corrected chi connectivity index (χ1v) is 11.4. The molecular formula is C24H27ClN4O3. The predicted octanol–water partition coefficient (Wildman–Crippen LogP) is 5.35. The van der Waals surface area contributed by atoms with E-state index in [4.69, 9.17) is 20.9 Å². The molecule has 1 aromatic heterocycles. The number of nitrogens with one attached hydrogen (secondary N) is 1. The van der Waals surface area contributed by atoms with Gasteiger partial charge in [0.2, 0.25) is 17.6 Å². The highest BCUT2D eigenvalue weighted by Crippen LogP contribution is 2.31. The Morgan fingerprint density at radius 3 is 2.69 bits per heavy atom. The molecule has 1 fully saturated rings. The molecule has 1 N–H and O–H groups in total. The number of ether oxygens (including phenoxy) is 1. The van der Waals surface area contributed by atoms with Crippen LogP contribution in [0.3, 0.4) is 0 Å². The normalized spacial score (nSPS) is 13.8. The molecule has 1 aliphatic heterocycles. The summed E-state index contributed by atoms with van der Waals surface area (Å²) in [6, 6.07) is 13.1. The van der Waals surface area contributed by atoms with E-state index in [1.807, 2.05) is 43.3 Å². The van der Waals surface area contributed by atoms with E-state index in [1.165, 1.54) is 6.42 Å². The number of amides is 1. The molecule has 4 rings (SSSR count). The number of nitrogens with zero attached hydrogens (tertiary/aromatic N) is 3. The van der Waals surface area contributed by atoms with Crippen LogP contribution in [-0.2, 0) is 11.2 Å². The number of rotatable bonds is 8. The molecule has 0 saturated carbocycles. The first kappa shape index (κ1) is 22.1. The predicted molar refractivity (Wildman–Crippen MR) is 125 cm³/mol. The molecule has 32 heavy (non-hydrogen) atoms. The minimum absolute atomic E-state index is 0.119. The van der Waals surface area contributed by atoms with E-state index in [9.17, 15) is 4.79 Å². The van der Waals surface area contributed by atoms with Gasteiger partial charge in [0.05, 0.1) is 18.0 Å². The first-order valence-electron chi connectivity index (χ1n) is 11.0. The second-order valence-corrected chi connectivity index (χ2v) is 8.16. The maximum absolute atomic E-state index is 12.6. The lowest BCUT2D eigenvalue weighted by Gasteiger charge is -2.30. The van der Waals surface area contributed by atoms with Crippen molar-refractivity contribution in [3.63, 3.8) is 0 Å². The molecule has 3 aromatic rings. The van der Waals surface area contributed by atoms with E-state index in [2.05, 4.69) is 20.4 Å². The van der Waals surface area contributed by atoms with Crippen LogP contribution in [0.2, 0.25) is 5.02 Å². The van der Waals surface area contributed by atoms with Crippen molar-refractivity contribution in [2.75, 3.05) is 29.9 Å². The number of hydrogen-bond acceptors (Lipinski definition) is 6. The van der Waals surface area contributed by atoms with Crippen LogP contribution in [0.1, 0.15) is 38.5 Å². The highest BCUT2D eigenvalue weighted by Gasteiger charge is 2.17. The van der Waals surface area contributed by atoms with Crippen LogP contribution in [0.4, 0.5) is 11.4 Å². The lowest BCUT2D eigenvalue weighted by atomic mass is 10.1. The van der Waals surface area contributed by atoms with Crippen molar-refractivity contribution >= 4 is 28.9 Å². The van der Waals surface area contributed by atoms with E-state index in [0.717, 1.165) is 48.6 Å². The zero-order valence-corrected chi connectivity index (χ0v) is 18.9. The summed E-state index contributed by atoms with van der Waals surface area (Å²) in [5.41, 5.74) is 2.58. The maximum Gasteiger partial charge on any atom is 0.227 e. The fourth-order valence-corrected chi connectivity index (χ4v) is 3.96. The smallest absolute Gasteiger partial charge is 0.227 e. The number of piperidine rings is 1. The molecule has 0 radical (unpaired) electrons. The number of carbonyl (C=O) groups excluding carboxylic acids is 1. The fraction of sp³-hybridized carbons (Fsp3) is 0.375. The van der Waals surface area contributed by atoms with E-state index in [0.29, 0.717) is 29.8 Å². The van der Waals surface area contributed by atoms with E-state index in [1.54, 1.807) is 6.07 Å². The number of benzene rings is 2. The second-order valence-electron chi connectivity index (χ2n) is 7.73. The molecule has 8 heteroatoms. The highest BCUT2D eigenvalue weighted by molar-refractivity contribution is 6.31. The minimum atomic E-state index is -0.119.